The van der Waals surface area contributed by atoms with Gasteiger partial charge in [-0.05, 0) is 58.3 Å². The molecule has 2 aliphatic rings. The molecule has 1 aliphatic carbocycles. The summed E-state index contributed by atoms with van der Waals surface area (Å²) < 4.78 is 0. The minimum Gasteiger partial charge on any atom is -0.387 e. The van der Waals surface area contributed by atoms with Crippen LogP contribution >= 0.6 is 0 Å². The van der Waals surface area contributed by atoms with E-state index < -0.39 is 17.3 Å². The highest BCUT2D eigenvalue weighted by atomic mass is 17.2. The van der Waals surface area contributed by atoms with Gasteiger partial charge in [-0.3, -0.25) is 0 Å². The predicted molar refractivity (Wildman–Crippen MR) is 76.9 cm³/mol. The van der Waals surface area contributed by atoms with Gasteiger partial charge in [-0.15, -0.1) is 0 Å². The van der Waals surface area contributed by atoms with Crippen molar-refractivity contribution in [3.05, 3.63) is 12.2 Å². The second kappa shape index (κ2) is 5.76. The monoisotopic (exact) mass is 284 g/mol. The molecule has 0 aromatic rings. The predicted octanol–water partition coefficient (Wildman–Crippen LogP) is 2.59. The first-order valence-electron chi connectivity index (χ1n) is 7.65. The topological polar surface area (TPSA) is 58.9 Å². The molecule has 0 radical (unpaired) electrons. The molecular weight excluding hydrogens is 256 g/mol. The van der Waals surface area contributed by atoms with Crippen molar-refractivity contribution in [2.75, 3.05) is 0 Å². The number of fused-ring (bicyclic) bond motifs is 3. The van der Waals surface area contributed by atoms with Gasteiger partial charge in [0.2, 0.25) is 0 Å². The number of aliphatic hydroxyl groups excluding tert-OH is 1. The SMILES string of the molecule is CC1CC2CCC(C1)[C@@](C)(/C=C/[C@@H](O)C(C)(C)O)OO2. The number of hydrogen-bond acceptors (Lipinski definition) is 4. The van der Waals surface area contributed by atoms with E-state index in [1.54, 1.807) is 19.9 Å². The molecule has 0 spiro atoms. The Balaban J connectivity index is 2.14. The summed E-state index contributed by atoms with van der Waals surface area (Å²) in [5, 5.41) is 19.7. The maximum Gasteiger partial charge on any atom is 0.122 e. The Bertz CT molecular complexity index is 360. The summed E-state index contributed by atoms with van der Waals surface area (Å²) in [7, 11) is 0. The summed E-state index contributed by atoms with van der Waals surface area (Å²) in [4.78, 5) is 11.3. The second-order valence-electron chi connectivity index (χ2n) is 7.29. The lowest BCUT2D eigenvalue weighted by atomic mass is 9.80. The van der Waals surface area contributed by atoms with Crippen LogP contribution in [0.1, 0.15) is 53.4 Å². The van der Waals surface area contributed by atoms with Crippen LogP contribution < -0.4 is 0 Å². The first-order chi connectivity index (χ1) is 9.21. The molecule has 0 amide bonds. The highest BCUT2D eigenvalue weighted by Gasteiger charge is 2.42. The molecule has 116 valence electrons. The van der Waals surface area contributed by atoms with Crippen LogP contribution in [0.3, 0.4) is 0 Å². The Morgan fingerprint density at radius 3 is 2.65 bits per heavy atom. The molecule has 3 unspecified atom stereocenters. The van der Waals surface area contributed by atoms with Crippen LogP contribution in [0.15, 0.2) is 12.2 Å². The fraction of sp³-hybridized carbons (Fsp3) is 0.875. The molecule has 2 fully saturated rings. The fourth-order valence-electron chi connectivity index (χ4n) is 3.18. The molecule has 0 aromatic heterocycles. The lowest BCUT2D eigenvalue weighted by Gasteiger charge is -2.35. The van der Waals surface area contributed by atoms with Crippen molar-refractivity contribution < 1.29 is 20.0 Å². The van der Waals surface area contributed by atoms with E-state index in [-0.39, 0.29) is 6.10 Å². The van der Waals surface area contributed by atoms with Crippen molar-refractivity contribution in [3.8, 4) is 0 Å². The Labute approximate surface area is 121 Å². The summed E-state index contributed by atoms with van der Waals surface area (Å²) in [6.07, 6.45) is 7.04. The van der Waals surface area contributed by atoms with Crippen LogP contribution in [0.2, 0.25) is 0 Å². The maximum atomic E-state index is 9.94. The average molecular weight is 284 g/mol. The van der Waals surface area contributed by atoms with E-state index in [2.05, 4.69) is 6.92 Å². The van der Waals surface area contributed by atoms with Gasteiger partial charge >= 0.3 is 0 Å². The van der Waals surface area contributed by atoms with Crippen molar-refractivity contribution in [2.24, 2.45) is 11.8 Å². The molecule has 2 N–H and O–H groups in total. The molecule has 0 aromatic carbocycles. The van der Waals surface area contributed by atoms with Crippen molar-refractivity contribution >= 4 is 0 Å². The molecule has 20 heavy (non-hydrogen) atoms. The van der Waals surface area contributed by atoms with Gasteiger partial charge < -0.3 is 10.2 Å². The van der Waals surface area contributed by atoms with Gasteiger partial charge in [-0.2, -0.15) is 0 Å². The highest BCUT2D eigenvalue weighted by molar-refractivity contribution is 5.08. The molecule has 5 atom stereocenters. The number of aliphatic hydroxyl groups is 2. The van der Waals surface area contributed by atoms with Gasteiger partial charge in [-0.25, -0.2) is 9.78 Å². The van der Waals surface area contributed by atoms with E-state index in [9.17, 15) is 10.2 Å². The highest BCUT2D eigenvalue weighted by Crippen LogP contribution is 2.42. The van der Waals surface area contributed by atoms with Crippen molar-refractivity contribution in [1.82, 2.24) is 0 Å². The van der Waals surface area contributed by atoms with Gasteiger partial charge in [0.1, 0.15) is 11.7 Å². The number of rotatable bonds is 3. The maximum absolute atomic E-state index is 9.94. The van der Waals surface area contributed by atoms with E-state index in [0.29, 0.717) is 11.8 Å². The molecule has 4 heteroatoms. The average Bonchev–Trinajstić information content (AvgIpc) is 2.61. The van der Waals surface area contributed by atoms with Crippen LogP contribution in [-0.4, -0.2) is 33.6 Å². The van der Waals surface area contributed by atoms with E-state index >= 15 is 0 Å². The zero-order valence-electron chi connectivity index (χ0n) is 13.0. The van der Waals surface area contributed by atoms with E-state index in [4.69, 9.17) is 9.78 Å². The first kappa shape index (κ1) is 16.0. The summed E-state index contributed by atoms with van der Waals surface area (Å²) in [6.45, 7) is 7.45. The van der Waals surface area contributed by atoms with Gasteiger partial charge in [0.05, 0.1) is 11.7 Å². The van der Waals surface area contributed by atoms with E-state index in [1.165, 1.54) is 0 Å². The largest absolute Gasteiger partial charge is 0.387 e. The van der Waals surface area contributed by atoms with Crippen molar-refractivity contribution in [2.45, 2.75) is 76.8 Å². The van der Waals surface area contributed by atoms with Gasteiger partial charge in [0, 0.05) is 0 Å². The summed E-state index contributed by atoms with van der Waals surface area (Å²) >= 11 is 0. The molecule has 4 nitrogen and oxygen atoms in total. The lowest BCUT2D eigenvalue weighted by Crippen LogP contribution is -2.39. The first-order valence-corrected chi connectivity index (χ1v) is 7.65. The summed E-state index contributed by atoms with van der Waals surface area (Å²) in [5.41, 5.74) is -1.68. The Morgan fingerprint density at radius 1 is 1.30 bits per heavy atom. The minimum absolute atomic E-state index is 0.185. The van der Waals surface area contributed by atoms with Crippen LogP contribution in [0.4, 0.5) is 0 Å². The van der Waals surface area contributed by atoms with Gasteiger partial charge in [0.25, 0.3) is 0 Å². The Hall–Kier alpha value is -0.420. The summed E-state index contributed by atoms with van der Waals surface area (Å²) in [5.74, 6) is 1.01. The van der Waals surface area contributed by atoms with Crippen LogP contribution in [0.25, 0.3) is 0 Å². The van der Waals surface area contributed by atoms with Crippen LogP contribution in [0, 0.1) is 11.8 Å². The second-order valence-corrected chi connectivity index (χ2v) is 7.29. The zero-order valence-corrected chi connectivity index (χ0v) is 13.0. The quantitative estimate of drug-likeness (QED) is 0.618. The molecular formula is C16H28O4. The van der Waals surface area contributed by atoms with Crippen molar-refractivity contribution in [3.63, 3.8) is 0 Å². The summed E-state index contributed by atoms with van der Waals surface area (Å²) in [6, 6.07) is 0. The molecule has 1 saturated heterocycles. The smallest absolute Gasteiger partial charge is 0.122 e. The van der Waals surface area contributed by atoms with Crippen LogP contribution in [0.5, 0.6) is 0 Å². The molecule has 1 aliphatic heterocycles. The minimum atomic E-state index is -1.15. The zero-order chi connectivity index (χ0) is 15.0. The molecule has 1 saturated carbocycles. The standard InChI is InChI=1S/C16H28O4/c1-11-9-12-5-6-13(10-11)19-20-16(12,4)8-7-14(17)15(2,3)18/h7-8,11-14,17-18H,5-6,9-10H2,1-4H3/b8-7+/t11?,12?,13?,14-,16-/m1/s1. The Kier molecular flexibility index (Phi) is 4.59. The third kappa shape index (κ3) is 3.61. The fourth-order valence-corrected chi connectivity index (χ4v) is 3.18. The van der Waals surface area contributed by atoms with E-state index in [0.717, 1.165) is 25.7 Å². The third-order valence-corrected chi connectivity index (χ3v) is 4.70. The molecule has 2 bridgehead atoms. The Morgan fingerprint density at radius 2 is 2.00 bits per heavy atom. The lowest BCUT2D eigenvalue weighted by molar-refractivity contribution is -0.376. The normalized spacial score (nSPS) is 40.6. The molecule has 2 rings (SSSR count). The van der Waals surface area contributed by atoms with Crippen LogP contribution in [-0.2, 0) is 9.78 Å². The van der Waals surface area contributed by atoms with Gasteiger partial charge in [-0.1, -0.05) is 19.1 Å². The number of hydrogen-bond donors (Lipinski definition) is 2. The van der Waals surface area contributed by atoms with Gasteiger partial charge in [0.15, 0.2) is 0 Å². The van der Waals surface area contributed by atoms with Crippen molar-refractivity contribution in [1.29, 1.82) is 0 Å². The molecule has 1 heterocycles. The van der Waals surface area contributed by atoms with E-state index in [1.807, 2.05) is 13.0 Å². The third-order valence-electron chi connectivity index (χ3n) is 4.70.